The average Bonchev–Trinajstić information content (AvgIpc) is 2.77. The Morgan fingerprint density at radius 2 is 1.94 bits per heavy atom. The first-order valence-electron chi connectivity index (χ1n) is 11.3. The van der Waals surface area contributed by atoms with Gasteiger partial charge in [0.2, 0.25) is 10.0 Å². The van der Waals surface area contributed by atoms with Gasteiger partial charge in [-0.1, -0.05) is 29.8 Å². The van der Waals surface area contributed by atoms with Crippen molar-refractivity contribution in [2.75, 3.05) is 36.4 Å². The number of nitrogens with zero attached hydrogens (tertiary/aromatic N) is 1. The molecule has 0 radical (unpaired) electrons. The lowest BCUT2D eigenvalue weighted by molar-refractivity contribution is -0.00839. The summed E-state index contributed by atoms with van der Waals surface area (Å²) in [5.74, 6) is 1.60. The van der Waals surface area contributed by atoms with Gasteiger partial charge < -0.3 is 9.64 Å². The van der Waals surface area contributed by atoms with Crippen molar-refractivity contribution in [3.63, 3.8) is 0 Å². The van der Waals surface area contributed by atoms with Gasteiger partial charge in [0.1, 0.15) is 11.4 Å². The highest BCUT2D eigenvalue weighted by molar-refractivity contribution is 8.07. The number of carbonyl (C=O) groups excluding carboxylic acids is 1. The lowest BCUT2D eigenvalue weighted by Crippen LogP contribution is -2.51. The summed E-state index contributed by atoms with van der Waals surface area (Å²) in [6.07, 6.45) is 4.11. The summed E-state index contributed by atoms with van der Waals surface area (Å²) in [6.45, 7) is 2.78. The highest BCUT2D eigenvalue weighted by atomic mass is 32.2. The average molecular weight is 485 g/mol. The number of rotatable bonds is 5. The Morgan fingerprint density at radius 1 is 1.15 bits per heavy atom. The number of thioether (sulfide) groups is 1. The Bertz CT molecular complexity index is 1310. The molecule has 1 saturated heterocycles. The van der Waals surface area contributed by atoms with E-state index < -0.39 is 15.6 Å². The van der Waals surface area contributed by atoms with E-state index in [0.717, 1.165) is 50.9 Å². The summed E-state index contributed by atoms with van der Waals surface area (Å²) in [7, 11) is -3.39. The molecular weight excluding hydrogens is 456 g/mol. The van der Waals surface area contributed by atoms with Crippen LogP contribution in [0.4, 0.5) is 5.69 Å². The molecule has 33 heavy (non-hydrogen) atoms. The molecule has 1 N–H and O–H groups in total. The number of fused-ring (bicyclic) bond motifs is 2. The van der Waals surface area contributed by atoms with Gasteiger partial charge in [-0.25, -0.2) is 8.42 Å². The number of nitrogens with one attached hydrogen (secondary N) is 1. The first-order chi connectivity index (χ1) is 15.8. The maximum atomic E-state index is 12.8. The van der Waals surface area contributed by atoms with Gasteiger partial charge in [-0.3, -0.25) is 9.52 Å². The van der Waals surface area contributed by atoms with Gasteiger partial charge in [0.25, 0.3) is 0 Å². The first-order valence-corrected chi connectivity index (χ1v) is 14.2. The molecule has 174 valence electrons. The fraction of sp³-hybridized carbons (Fsp3) is 0.400. The van der Waals surface area contributed by atoms with Gasteiger partial charge >= 0.3 is 0 Å². The zero-order valence-electron chi connectivity index (χ0n) is 18.7. The van der Waals surface area contributed by atoms with Crippen molar-refractivity contribution < 1.29 is 17.9 Å². The Labute approximate surface area is 198 Å². The molecule has 0 atom stereocenters. The van der Waals surface area contributed by atoms with Crippen LogP contribution >= 0.6 is 11.8 Å². The molecule has 6 nitrogen and oxygen atoms in total. The molecule has 2 aromatic rings. The van der Waals surface area contributed by atoms with Crippen LogP contribution in [-0.4, -0.2) is 56.3 Å². The van der Waals surface area contributed by atoms with Crippen LogP contribution in [0.2, 0.25) is 0 Å². The van der Waals surface area contributed by atoms with Crippen molar-refractivity contribution in [3.8, 4) is 5.75 Å². The Morgan fingerprint density at radius 3 is 2.73 bits per heavy atom. The molecule has 1 spiro atoms. The minimum Gasteiger partial charge on any atom is -0.486 e. The molecule has 0 amide bonds. The van der Waals surface area contributed by atoms with Crippen molar-refractivity contribution in [2.24, 2.45) is 0 Å². The Kier molecular flexibility index (Phi) is 6.01. The molecule has 1 fully saturated rings. The molecule has 3 aliphatic rings. The third kappa shape index (κ3) is 4.98. The van der Waals surface area contributed by atoms with Crippen molar-refractivity contribution in [2.45, 2.75) is 31.3 Å². The van der Waals surface area contributed by atoms with E-state index in [1.807, 2.05) is 11.8 Å². The topological polar surface area (TPSA) is 75.7 Å². The van der Waals surface area contributed by atoms with Gasteiger partial charge in [-0.15, -0.1) is 11.8 Å². The van der Waals surface area contributed by atoms with E-state index >= 15 is 0 Å². The minimum atomic E-state index is -3.39. The van der Waals surface area contributed by atoms with E-state index in [0.29, 0.717) is 23.4 Å². The number of benzene rings is 2. The predicted octanol–water partition coefficient (Wildman–Crippen LogP) is 2.58. The van der Waals surface area contributed by atoms with Crippen molar-refractivity contribution in [1.29, 1.82) is 0 Å². The number of ketones is 1. The molecule has 0 bridgehead atoms. The quantitative estimate of drug-likeness (QED) is 0.703. The lowest BCUT2D eigenvalue weighted by Gasteiger charge is -2.44. The van der Waals surface area contributed by atoms with Crippen LogP contribution in [0.5, 0.6) is 5.75 Å². The van der Waals surface area contributed by atoms with Crippen LogP contribution < -0.4 is 19.9 Å². The third-order valence-corrected chi connectivity index (χ3v) is 8.24. The Hall–Kier alpha value is -2.29. The van der Waals surface area contributed by atoms with Gasteiger partial charge in [-0.2, -0.15) is 0 Å². The zero-order chi connectivity index (χ0) is 23.1. The van der Waals surface area contributed by atoms with Gasteiger partial charge in [-0.05, 0) is 34.4 Å². The SMILES string of the molecule is CS(=O)(=O)Nc1ccc2c(c1)OC1(CCN(CCC3=c4ccccc4=CSC3)CC1)CC2=O. The normalized spacial score (nSPS) is 19.9. The fourth-order valence-corrected chi connectivity index (χ4v) is 6.49. The molecule has 0 saturated carbocycles. The monoisotopic (exact) mass is 484 g/mol. The molecule has 0 aliphatic carbocycles. The van der Waals surface area contributed by atoms with Crippen molar-refractivity contribution in [3.05, 3.63) is 58.5 Å². The summed E-state index contributed by atoms with van der Waals surface area (Å²) in [6, 6.07) is 13.5. The van der Waals surface area contributed by atoms with Crippen LogP contribution in [0.3, 0.4) is 0 Å². The molecule has 2 aromatic carbocycles. The zero-order valence-corrected chi connectivity index (χ0v) is 20.3. The fourth-order valence-electron chi connectivity index (χ4n) is 4.97. The molecule has 5 rings (SSSR count). The number of likely N-dealkylation sites (tertiary alicyclic amines) is 1. The molecular formula is C25H28N2O4S2. The molecule has 3 aliphatic heterocycles. The van der Waals surface area contributed by atoms with E-state index in [-0.39, 0.29) is 5.78 Å². The van der Waals surface area contributed by atoms with Crippen molar-refractivity contribution >= 4 is 44.2 Å². The van der Waals surface area contributed by atoms with Crippen LogP contribution in [-0.2, 0) is 10.0 Å². The number of piperidine rings is 1. The summed E-state index contributed by atoms with van der Waals surface area (Å²) in [4.78, 5) is 15.3. The summed E-state index contributed by atoms with van der Waals surface area (Å²) >= 11 is 1.87. The van der Waals surface area contributed by atoms with Gasteiger partial charge in [0, 0.05) is 44.3 Å². The number of anilines is 1. The third-order valence-electron chi connectivity index (χ3n) is 6.70. The highest BCUT2D eigenvalue weighted by Crippen LogP contribution is 2.40. The molecule has 0 unspecified atom stereocenters. The summed E-state index contributed by atoms with van der Waals surface area (Å²) in [5.41, 5.74) is 1.95. The van der Waals surface area contributed by atoms with Crippen LogP contribution in [0.25, 0.3) is 11.0 Å². The summed E-state index contributed by atoms with van der Waals surface area (Å²) in [5, 5.41) is 4.94. The van der Waals surface area contributed by atoms with Gasteiger partial charge in [0.05, 0.1) is 23.9 Å². The molecule has 8 heteroatoms. The minimum absolute atomic E-state index is 0.0678. The second-order valence-corrected chi connectivity index (χ2v) is 11.8. The number of ether oxygens (including phenoxy) is 1. The molecule has 0 aromatic heterocycles. The first kappa shape index (κ1) is 22.5. The number of carbonyl (C=O) groups is 1. The number of sulfonamides is 1. The largest absolute Gasteiger partial charge is 0.486 e. The van der Waals surface area contributed by atoms with Crippen LogP contribution in [0, 0.1) is 0 Å². The molecule has 3 heterocycles. The number of hydrogen-bond donors (Lipinski definition) is 1. The van der Waals surface area contributed by atoms with Crippen LogP contribution in [0.15, 0.2) is 42.5 Å². The Balaban J connectivity index is 1.25. The highest BCUT2D eigenvalue weighted by Gasteiger charge is 2.43. The van der Waals surface area contributed by atoms with Crippen LogP contribution in [0.1, 0.15) is 36.0 Å². The van der Waals surface area contributed by atoms with E-state index in [1.165, 1.54) is 16.0 Å². The maximum Gasteiger partial charge on any atom is 0.229 e. The second kappa shape index (κ2) is 8.81. The lowest BCUT2D eigenvalue weighted by atomic mass is 9.82. The maximum absolute atomic E-state index is 12.8. The van der Waals surface area contributed by atoms with E-state index in [9.17, 15) is 13.2 Å². The van der Waals surface area contributed by atoms with E-state index in [2.05, 4.69) is 39.3 Å². The number of hydrogen-bond acceptors (Lipinski definition) is 6. The predicted molar refractivity (Wildman–Crippen MR) is 134 cm³/mol. The van der Waals surface area contributed by atoms with Crippen molar-refractivity contribution in [1.82, 2.24) is 4.90 Å². The second-order valence-electron chi connectivity index (χ2n) is 9.18. The number of Topliss-reactive ketones (excluding diaryl/α,β-unsaturated/α-hetero) is 1. The smallest absolute Gasteiger partial charge is 0.229 e. The van der Waals surface area contributed by atoms with E-state index in [4.69, 9.17) is 4.74 Å². The van der Waals surface area contributed by atoms with Gasteiger partial charge in [0.15, 0.2) is 5.78 Å². The standard InChI is InChI=1S/C25H28N2O4S2/c1-33(29,30)26-20-6-7-22-23(28)15-25(31-24(22)14-20)9-12-27(13-10-25)11-8-19-17-32-16-18-4-2-3-5-21(18)19/h2-7,14,16,26H,8-13,15,17H2,1H3. The van der Waals surface area contributed by atoms with E-state index in [1.54, 1.807) is 18.2 Å². The summed E-state index contributed by atoms with van der Waals surface area (Å²) < 4.78 is 32.0.